The molecule has 6 heteroatoms. The Balaban J connectivity index is 1.99. The van der Waals surface area contributed by atoms with Gasteiger partial charge in [-0.2, -0.15) is 0 Å². The summed E-state index contributed by atoms with van der Waals surface area (Å²) in [5, 5.41) is 14.2. The molecule has 0 saturated carbocycles. The van der Waals surface area contributed by atoms with E-state index in [1.54, 1.807) is 17.4 Å². The topological polar surface area (TPSA) is 66.4 Å². The van der Waals surface area contributed by atoms with Crippen molar-refractivity contribution in [2.45, 2.75) is 26.2 Å². The number of aryl methyl sites for hydroxylation is 2. The lowest BCUT2D eigenvalue weighted by Gasteiger charge is -2.03. The molecule has 0 aromatic carbocycles. The molecule has 0 aliphatic carbocycles. The van der Waals surface area contributed by atoms with Gasteiger partial charge in [-0.3, -0.25) is 4.79 Å². The van der Waals surface area contributed by atoms with Gasteiger partial charge < -0.3 is 10.4 Å². The van der Waals surface area contributed by atoms with E-state index in [1.165, 1.54) is 11.3 Å². The molecule has 4 nitrogen and oxygen atoms in total. The molecule has 0 aliphatic heterocycles. The quantitative estimate of drug-likeness (QED) is 0.856. The Morgan fingerprint density at radius 2 is 2.15 bits per heavy atom. The van der Waals surface area contributed by atoms with Gasteiger partial charge in [0.2, 0.25) is 5.91 Å². The van der Waals surface area contributed by atoms with E-state index in [2.05, 4.69) is 5.32 Å². The van der Waals surface area contributed by atoms with Crippen LogP contribution in [0.25, 0.3) is 0 Å². The Morgan fingerprint density at radius 3 is 2.75 bits per heavy atom. The van der Waals surface area contributed by atoms with Crippen molar-refractivity contribution >= 4 is 39.6 Å². The number of carboxylic acids is 1. The summed E-state index contributed by atoms with van der Waals surface area (Å²) in [7, 11) is 0. The maximum Gasteiger partial charge on any atom is 0.338 e. The predicted molar refractivity (Wildman–Crippen MR) is 81.9 cm³/mol. The van der Waals surface area contributed by atoms with Gasteiger partial charge in [-0.05, 0) is 30.4 Å². The van der Waals surface area contributed by atoms with Crippen molar-refractivity contribution in [1.29, 1.82) is 0 Å². The van der Waals surface area contributed by atoms with Crippen molar-refractivity contribution in [3.05, 3.63) is 38.9 Å². The summed E-state index contributed by atoms with van der Waals surface area (Å²) in [5.74, 6) is -1.15. The van der Waals surface area contributed by atoms with Gasteiger partial charge in [-0.1, -0.05) is 13.0 Å². The lowest BCUT2D eigenvalue weighted by atomic mass is 10.2. The second kappa shape index (κ2) is 6.67. The molecule has 0 fully saturated rings. The van der Waals surface area contributed by atoms with Gasteiger partial charge in [0, 0.05) is 16.2 Å². The van der Waals surface area contributed by atoms with Crippen LogP contribution in [0.2, 0.25) is 0 Å². The smallest absolute Gasteiger partial charge is 0.338 e. The van der Waals surface area contributed by atoms with E-state index in [-0.39, 0.29) is 11.5 Å². The van der Waals surface area contributed by atoms with Crippen LogP contribution in [0.15, 0.2) is 23.6 Å². The number of carbonyl (C=O) groups is 2. The minimum atomic E-state index is -1.01. The van der Waals surface area contributed by atoms with Gasteiger partial charge in [0.25, 0.3) is 0 Å². The van der Waals surface area contributed by atoms with Crippen LogP contribution in [0, 0.1) is 0 Å². The number of amides is 1. The number of carboxylic acid groups (broad SMARTS) is 1. The van der Waals surface area contributed by atoms with E-state index in [9.17, 15) is 9.59 Å². The molecule has 106 valence electrons. The Bertz CT molecular complexity index is 602. The molecule has 0 atom stereocenters. The van der Waals surface area contributed by atoms with E-state index in [1.807, 2.05) is 24.4 Å². The van der Waals surface area contributed by atoms with Gasteiger partial charge in [0.1, 0.15) is 5.00 Å². The Labute approximate surface area is 125 Å². The summed E-state index contributed by atoms with van der Waals surface area (Å²) in [4.78, 5) is 25.1. The van der Waals surface area contributed by atoms with Crippen LogP contribution in [-0.2, 0) is 17.6 Å². The van der Waals surface area contributed by atoms with E-state index < -0.39 is 5.97 Å². The fourth-order valence-electron chi connectivity index (χ4n) is 1.75. The highest BCUT2D eigenvalue weighted by Gasteiger charge is 2.16. The highest BCUT2D eigenvalue weighted by Crippen LogP contribution is 2.28. The normalized spacial score (nSPS) is 10.4. The van der Waals surface area contributed by atoms with Crippen LogP contribution < -0.4 is 5.32 Å². The molecule has 0 aliphatic rings. The van der Waals surface area contributed by atoms with Crippen LogP contribution in [0.5, 0.6) is 0 Å². The molecule has 2 rings (SSSR count). The number of hydrogen-bond donors (Lipinski definition) is 2. The lowest BCUT2D eigenvalue weighted by Crippen LogP contribution is -2.13. The van der Waals surface area contributed by atoms with Crippen molar-refractivity contribution in [2.24, 2.45) is 0 Å². The summed E-state index contributed by atoms with van der Waals surface area (Å²) in [6.07, 6.45) is 1.80. The largest absolute Gasteiger partial charge is 0.478 e. The molecule has 2 N–H and O–H groups in total. The number of nitrogens with one attached hydrogen (secondary N) is 1. The molecule has 0 unspecified atom stereocenters. The number of hydrogen-bond acceptors (Lipinski definition) is 4. The first-order chi connectivity index (χ1) is 9.60. The summed E-state index contributed by atoms with van der Waals surface area (Å²) >= 11 is 2.94. The molecular formula is C14H15NO3S2. The molecule has 2 heterocycles. The zero-order valence-electron chi connectivity index (χ0n) is 11.0. The Morgan fingerprint density at radius 1 is 1.35 bits per heavy atom. The monoisotopic (exact) mass is 309 g/mol. The summed E-state index contributed by atoms with van der Waals surface area (Å²) in [5.41, 5.74) is 0.177. The third kappa shape index (κ3) is 3.68. The van der Waals surface area contributed by atoms with Gasteiger partial charge in [0.15, 0.2) is 0 Å². The summed E-state index contributed by atoms with van der Waals surface area (Å²) in [6.45, 7) is 1.96. The molecule has 2 aromatic heterocycles. The zero-order chi connectivity index (χ0) is 14.5. The van der Waals surface area contributed by atoms with Crippen molar-refractivity contribution in [1.82, 2.24) is 0 Å². The minimum absolute atomic E-state index is 0.148. The van der Waals surface area contributed by atoms with E-state index in [0.717, 1.165) is 16.2 Å². The van der Waals surface area contributed by atoms with E-state index in [4.69, 9.17) is 5.11 Å². The molecule has 1 amide bonds. The molecule has 0 saturated heterocycles. The average Bonchev–Trinajstić information content (AvgIpc) is 3.05. The van der Waals surface area contributed by atoms with Crippen molar-refractivity contribution in [3.8, 4) is 0 Å². The molecule has 20 heavy (non-hydrogen) atoms. The number of thiophene rings is 2. The van der Waals surface area contributed by atoms with E-state index in [0.29, 0.717) is 17.8 Å². The summed E-state index contributed by atoms with van der Waals surface area (Å²) in [6, 6.07) is 5.57. The third-order valence-electron chi connectivity index (χ3n) is 2.79. The van der Waals surface area contributed by atoms with Crippen LogP contribution in [-0.4, -0.2) is 17.0 Å². The molecule has 0 spiro atoms. The second-order valence-corrected chi connectivity index (χ2v) is 6.41. The van der Waals surface area contributed by atoms with Gasteiger partial charge in [-0.25, -0.2) is 4.79 Å². The molecule has 0 radical (unpaired) electrons. The fraction of sp³-hybridized carbons (Fsp3) is 0.286. The van der Waals surface area contributed by atoms with Crippen molar-refractivity contribution in [3.63, 3.8) is 0 Å². The van der Waals surface area contributed by atoms with Crippen molar-refractivity contribution < 1.29 is 14.7 Å². The first-order valence-electron chi connectivity index (χ1n) is 6.28. The Hall–Kier alpha value is -1.66. The molecule has 2 aromatic rings. The average molecular weight is 309 g/mol. The second-order valence-electron chi connectivity index (χ2n) is 4.24. The summed E-state index contributed by atoms with van der Waals surface area (Å²) < 4.78 is 0. The maximum atomic E-state index is 11.9. The first kappa shape index (κ1) is 14.7. The minimum Gasteiger partial charge on any atom is -0.478 e. The van der Waals surface area contributed by atoms with Gasteiger partial charge in [-0.15, -0.1) is 22.7 Å². The number of carbonyl (C=O) groups excluding carboxylic acids is 1. The highest BCUT2D eigenvalue weighted by molar-refractivity contribution is 7.16. The van der Waals surface area contributed by atoms with Crippen LogP contribution in [0.4, 0.5) is 5.00 Å². The lowest BCUT2D eigenvalue weighted by molar-refractivity contribution is -0.116. The van der Waals surface area contributed by atoms with Crippen LogP contribution in [0.1, 0.15) is 33.5 Å². The van der Waals surface area contributed by atoms with E-state index >= 15 is 0 Å². The predicted octanol–water partition coefficient (Wildman–Crippen LogP) is 3.64. The van der Waals surface area contributed by atoms with Crippen LogP contribution >= 0.6 is 22.7 Å². The van der Waals surface area contributed by atoms with Crippen molar-refractivity contribution in [2.75, 3.05) is 5.32 Å². The van der Waals surface area contributed by atoms with Gasteiger partial charge in [0.05, 0.1) is 5.56 Å². The first-order valence-corrected chi connectivity index (χ1v) is 7.98. The number of anilines is 1. The van der Waals surface area contributed by atoms with Gasteiger partial charge >= 0.3 is 5.97 Å². The number of rotatable bonds is 6. The van der Waals surface area contributed by atoms with Crippen LogP contribution in [0.3, 0.4) is 0 Å². The number of aromatic carboxylic acids is 1. The standard InChI is InChI=1S/C14H15NO3S2/c1-2-9-8-11(14(17)18)13(20-9)15-12(16)6-5-10-4-3-7-19-10/h3-4,7-8H,2,5-6H2,1H3,(H,15,16)(H,17,18). The zero-order valence-corrected chi connectivity index (χ0v) is 12.6. The molecular weight excluding hydrogens is 294 g/mol. The highest BCUT2D eigenvalue weighted by atomic mass is 32.1. The maximum absolute atomic E-state index is 11.9. The fourth-order valence-corrected chi connectivity index (χ4v) is 3.46. The molecule has 0 bridgehead atoms. The SMILES string of the molecule is CCc1cc(C(=O)O)c(NC(=O)CCc2cccs2)s1. The Kier molecular flexibility index (Phi) is 4.92. The third-order valence-corrected chi connectivity index (χ3v) is 4.92.